The fourth-order valence-electron chi connectivity index (χ4n) is 1.35. The van der Waals surface area contributed by atoms with Gasteiger partial charge in [0.1, 0.15) is 0 Å². The normalized spacial score (nSPS) is 10.6. The van der Waals surface area contributed by atoms with Gasteiger partial charge in [0.25, 0.3) is 5.69 Å². The number of hydrogen-bond acceptors (Lipinski definition) is 3. The van der Waals surface area contributed by atoms with Gasteiger partial charge >= 0.3 is 5.97 Å². The predicted octanol–water partition coefficient (Wildman–Crippen LogP) is 2.47. The molecule has 0 unspecified atom stereocenters. The number of halogens is 1. The van der Waals surface area contributed by atoms with Crippen molar-refractivity contribution in [3.63, 3.8) is 0 Å². The highest BCUT2D eigenvalue weighted by Crippen LogP contribution is 2.21. The average molecular weight is 256 g/mol. The van der Waals surface area contributed by atoms with Crippen LogP contribution in [0.5, 0.6) is 0 Å². The summed E-state index contributed by atoms with van der Waals surface area (Å²) in [6.45, 7) is 0. The van der Waals surface area contributed by atoms with Crippen LogP contribution >= 0.6 is 11.6 Å². The lowest BCUT2D eigenvalue weighted by Crippen LogP contribution is -2.03. The zero-order valence-corrected chi connectivity index (χ0v) is 9.55. The summed E-state index contributed by atoms with van der Waals surface area (Å²) in [4.78, 5) is 20.8. The number of allylic oxidation sites excluding steroid dienone is 1. The van der Waals surface area contributed by atoms with E-state index in [1.165, 1.54) is 12.1 Å². The third-order valence-corrected chi connectivity index (χ3v) is 2.23. The van der Waals surface area contributed by atoms with Crippen molar-refractivity contribution in [3.05, 3.63) is 45.5 Å². The molecule has 1 aromatic rings. The fourth-order valence-corrected chi connectivity index (χ4v) is 1.44. The van der Waals surface area contributed by atoms with E-state index in [0.29, 0.717) is 11.4 Å². The largest absolute Gasteiger partial charge is 0.481 e. The molecule has 0 aromatic heterocycles. The molecule has 0 aliphatic carbocycles. The Balaban J connectivity index is 3.12. The Morgan fingerprint density at radius 2 is 2.24 bits per heavy atom. The van der Waals surface area contributed by atoms with Crippen LogP contribution in [0.2, 0.25) is 0 Å². The van der Waals surface area contributed by atoms with Crippen LogP contribution in [-0.2, 0) is 11.2 Å². The topological polar surface area (TPSA) is 80.4 Å². The number of nitro groups is 1. The number of alkyl halides is 1. The Labute approximate surface area is 102 Å². The molecule has 0 saturated carbocycles. The van der Waals surface area contributed by atoms with Gasteiger partial charge in [0.05, 0.1) is 11.3 Å². The third-order valence-electron chi connectivity index (χ3n) is 2.05. The number of carboxylic acid groups (broad SMARTS) is 1. The van der Waals surface area contributed by atoms with E-state index in [2.05, 4.69) is 0 Å². The first-order chi connectivity index (χ1) is 8.04. The lowest BCUT2D eigenvalue weighted by atomic mass is 10.1. The van der Waals surface area contributed by atoms with E-state index >= 15 is 0 Å². The molecule has 0 aliphatic rings. The maximum atomic E-state index is 10.8. The van der Waals surface area contributed by atoms with Gasteiger partial charge in [0, 0.05) is 17.5 Å². The summed E-state index contributed by atoms with van der Waals surface area (Å²) >= 11 is 5.46. The molecule has 0 radical (unpaired) electrons. The van der Waals surface area contributed by atoms with Crippen LogP contribution in [0, 0.1) is 10.1 Å². The summed E-state index contributed by atoms with van der Waals surface area (Å²) in [5.74, 6) is -0.790. The van der Waals surface area contributed by atoms with E-state index in [4.69, 9.17) is 16.7 Å². The first-order valence-electron chi connectivity index (χ1n) is 4.76. The third kappa shape index (κ3) is 3.88. The van der Waals surface area contributed by atoms with Gasteiger partial charge in [0.15, 0.2) is 0 Å². The van der Waals surface area contributed by atoms with Crippen molar-refractivity contribution in [2.75, 3.05) is 5.88 Å². The van der Waals surface area contributed by atoms with Gasteiger partial charge in [0.2, 0.25) is 0 Å². The number of rotatable bonds is 5. The van der Waals surface area contributed by atoms with Gasteiger partial charge in [-0.05, 0) is 5.56 Å². The molecular weight excluding hydrogens is 246 g/mol. The van der Waals surface area contributed by atoms with Crippen molar-refractivity contribution in [2.45, 2.75) is 6.42 Å². The van der Waals surface area contributed by atoms with E-state index in [-0.39, 0.29) is 17.7 Å². The Kier molecular flexibility index (Phi) is 4.66. The highest BCUT2D eigenvalue weighted by atomic mass is 35.5. The van der Waals surface area contributed by atoms with E-state index in [1.807, 2.05) is 0 Å². The molecular formula is C11H10ClNO4. The molecule has 0 spiro atoms. The second-order valence-corrected chi connectivity index (χ2v) is 3.58. The molecule has 0 aliphatic heterocycles. The number of hydrogen-bond donors (Lipinski definition) is 1. The zero-order valence-electron chi connectivity index (χ0n) is 8.80. The molecule has 6 heteroatoms. The first-order valence-corrected chi connectivity index (χ1v) is 5.29. The van der Waals surface area contributed by atoms with Crippen LogP contribution in [-0.4, -0.2) is 21.9 Å². The molecule has 0 fully saturated rings. The van der Waals surface area contributed by atoms with Gasteiger partial charge in [-0.3, -0.25) is 14.9 Å². The zero-order chi connectivity index (χ0) is 12.8. The average Bonchev–Trinajstić information content (AvgIpc) is 2.26. The highest BCUT2D eigenvalue weighted by Gasteiger charge is 2.16. The molecule has 5 nitrogen and oxygen atoms in total. The van der Waals surface area contributed by atoms with Crippen LogP contribution in [0.3, 0.4) is 0 Å². The summed E-state index contributed by atoms with van der Waals surface area (Å²) in [7, 11) is 0. The van der Waals surface area contributed by atoms with Crippen LogP contribution in [0.4, 0.5) is 5.69 Å². The first kappa shape index (κ1) is 13.2. The molecule has 17 heavy (non-hydrogen) atoms. The molecule has 0 bridgehead atoms. The lowest BCUT2D eigenvalue weighted by molar-refractivity contribution is -0.385. The second kappa shape index (κ2) is 6.00. The summed E-state index contributed by atoms with van der Waals surface area (Å²) in [6.07, 6.45) is 2.93. The van der Waals surface area contributed by atoms with Crippen molar-refractivity contribution in [1.82, 2.24) is 0 Å². The van der Waals surface area contributed by atoms with E-state index in [0.717, 1.165) is 0 Å². The molecule has 0 atom stereocenters. The maximum Gasteiger partial charge on any atom is 0.308 e. The smallest absolute Gasteiger partial charge is 0.308 e. The Bertz CT molecular complexity index is 471. The minimum Gasteiger partial charge on any atom is -0.481 e. The Morgan fingerprint density at radius 1 is 1.53 bits per heavy atom. The monoisotopic (exact) mass is 255 g/mol. The molecule has 0 saturated heterocycles. The lowest BCUT2D eigenvalue weighted by Gasteiger charge is -2.01. The predicted molar refractivity (Wildman–Crippen MR) is 64.2 cm³/mol. The molecule has 0 amide bonds. The fraction of sp³-hybridized carbons (Fsp3) is 0.182. The maximum absolute atomic E-state index is 10.8. The molecule has 0 heterocycles. The summed E-state index contributed by atoms with van der Waals surface area (Å²) < 4.78 is 0. The number of carbonyl (C=O) groups is 1. The minimum absolute atomic E-state index is 0.186. The molecule has 90 valence electrons. The van der Waals surface area contributed by atoms with Gasteiger partial charge < -0.3 is 5.11 Å². The van der Waals surface area contributed by atoms with Crippen molar-refractivity contribution in [2.24, 2.45) is 0 Å². The van der Waals surface area contributed by atoms with Gasteiger partial charge in [-0.2, -0.15) is 0 Å². The summed E-state index contributed by atoms with van der Waals surface area (Å²) in [5.41, 5.74) is 0.612. The SMILES string of the molecule is O=C(O)Cc1ccc(C=CCCl)cc1[N+](=O)[O-]. The van der Waals surface area contributed by atoms with Gasteiger partial charge in [-0.1, -0.05) is 24.3 Å². The van der Waals surface area contributed by atoms with Gasteiger partial charge in [-0.15, -0.1) is 11.6 Å². The van der Waals surface area contributed by atoms with Crippen molar-refractivity contribution >= 4 is 29.3 Å². The number of nitrogens with zero attached hydrogens (tertiary/aromatic N) is 1. The van der Waals surface area contributed by atoms with E-state index < -0.39 is 10.9 Å². The highest BCUT2D eigenvalue weighted by molar-refractivity contribution is 6.19. The van der Waals surface area contributed by atoms with Crippen LogP contribution in [0.15, 0.2) is 24.3 Å². The van der Waals surface area contributed by atoms with Crippen LogP contribution < -0.4 is 0 Å². The van der Waals surface area contributed by atoms with Crippen LogP contribution in [0.25, 0.3) is 6.08 Å². The summed E-state index contributed by atoms with van der Waals surface area (Å²) in [5, 5.41) is 19.4. The summed E-state index contributed by atoms with van der Waals surface area (Å²) in [6, 6.07) is 4.40. The second-order valence-electron chi connectivity index (χ2n) is 3.27. The number of aliphatic carboxylic acids is 1. The minimum atomic E-state index is -1.10. The molecule has 1 rings (SSSR count). The Hall–Kier alpha value is -1.88. The van der Waals surface area contributed by atoms with Crippen molar-refractivity contribution in [1.29, 1.82) is 0 Å². The number of nitro benzene ring substituents is 1. The molecule has 1 N–H and O–H groups in total. The Morgan fingerprint density at radius 3 is 2.76 bits per heavy atom. The standard InChI is InChI=1S/C11H10ClNO4/c12-5-1-2-8-3-4-9(7-11(14)15)10(6-8)13(16)17/h1-4,6H,5,7H2,(H,14,15). The quantitative estimate of drug-likeness (QED) is 0.498. The number of carboxylic acids is 1. The van der Waals surface area contributed by atoms with Crippen molar-refractivity contribution in [3.8, 4) is 0 Å². The van der Waals surface area contributed by atoms with Crippen LogP contribution in [0.1, 0.15) is 11.1 Å². The molecule has 1 aromatic carbocycles. The van der Waals surface area contributed by atoms with Gasteiger partial charge in [-0.25, -0.2) is 0 Å². The van der Waals surface area contributed by atoms with Crippen molar-refractivity contribution < 1.29 is 14.8 Å². The number of benzene rings is 1. The van der Waals surface area contributed by atoms with E-state index in [1.54, 1.807) is 18.2 Å². The van der Waals surface area contributed by atoms with E-state index in [9.17, 15) is 14.9 Å².